The number of hydrogen-bond donors (Lipinski definition) is 1. The monoisotopic (exact) mass is 271 g/mol. The van der Waals surface area contributed by atoms with Gasteiger partial charge in [0.1, 0.15) is 6.07 Å². The lowest BCUT2D eigenvalue weighted by Gasteiger charge is -2.11. The summed E-state index contributed by atoms with van der Waals surface area (Å²) in [6.07, 6.45) is 1.59. The fourth-order valence-electron chi connectivity index (χ4n) is 1.91. The van der Waals surface area contributed by atoms with Crippen LogP contribution in [0.5, 0.6) is 0 Å². The minimum Gasteiger partial charge on any atom is -0.382 e. The Labute approximate surface area is 118 Å². The number of nitrogens with one attached hydrogen (secondary N) is 1. The van der Waals surface area contributed by atoms with Crippen molar-refractivity contribution < 1.29 is 9.47 Å². The molecule has 0 atom stereocenters. The number of methoxy groups -OCH3 is 1. The van der Waals surface area contributed by atoms with Gasteiger partial charge in [-0.05, 0) is 6.07 Å². The minimum atomic E-state index is 0.542. The summed E-state index contributed by atoms with van der Waals surface area (Å²) in [5.74, 6) is 0. The first-order chi connectivity index (χ1) is 9.86. The molecule has 0 aliphatic carbocycles. The van der Waals surface area contributed by atoms with E-state index in [4.69, 9.17) is 9.47 Å². The van der Waals surface area contributed by atoms with Gasteiger partial charge in [-0.15, -0.1) is 0 Å². The van der Waals surface area contributed by atoms with Crippen molar-refractivity contribution in [2.24, 2.45) is 0 Å². The summed E-state index contributed by atoms with van der Waals surface area (Å²) in [5, 5.41) is 13.4. The van der Waals surface area contributed by atoms with Crippen molar-refractivity contribution in [3.63, 3.8) is 0 Å². The van der Waals surface area contributed by atoms with Crippen molar-refractivity contribution in [2.45, 2.75) is 0 Å². The molecule has 0 aliphatic heterocycles. The highest BCUT2D eigenvalue weighted by molar-refractivity contribution is 5.93. The van der Waals surface area contributed by atoms with Gasteiger partial charge in [0.2, 0.25) is 0 Å². The van der Waals surface area contributed by atoms with E-state index >= 15 is 0 Å². The first-order valence-corrected chi connectivity index (χ1v) is 6.45. The van der Waals surface area contributed by atoms with E-state index in [0.29, 0.717) is 31.9 Å². The van der Waals surface area contributed by atoms with E-state index in [1.807, 2.05) is 24.3 Å². The molecule has 5 nitrogen and oxygen atoms in total. The quantitative estimate of drug-likeness (QED) is 0.782. The van der Waals surface area contributed by atoms with Crippen molar-refractivity contribution in [1.29, 1.82) is 5.26 Å². The molecule has 1 aromatic carbocycles. The lowest BCUT2D eigenvalue weighted by Crippen LogP contribution is -2.13. The van der Waals surface area contributed by atoms with Crippen molar-refractivity contribution in [3.05, 3.63) is 36.0 Å². The number of para-hydroxylation sites is 1. The van der Waals surface area contributed by atoms with Gasteiger partial charge in [-0.2, -0.15) is 5.26 Å². The first-order valence-electron chi connectivity index (χ1n) is 6.45. The Morgan fingerprint density at radius 3 is 2.90 bits per heavy atom. The highest BCUT2D eigenvalue weighted by atomic mass is 16.5. The lowest BCUT2D eigenvalue weighted by atomic mass is 10.1. The molecule has 0 aliphatic rings. The number of anilines is 1. The number of rotatable bonds is 7. The van der Waals surface area contributed by atoms with Gasteiger partial charge >= 0.3 is 0 Å². The Balaban J connectivity index is 2.06. The molecule has 0 amide bonds. The molecule has 0 bridgehead atoms. The van der Waals surface area contributed by atoms with Crippen LogP contribution in [0, 0.1) is 11.3 Å². The molecule has 2 aromatic rings. The van der Waals surface area contributed by atoms with E-state index in [1.54, 1.807) is 13.3 Å². The zero-order valence-electron chi connectivity index (χ0n) is 11.4. The molecule has 1 heterocycles. The maximum Gasteiger partial charge on any atom is 0.103 e. The molecular weight excluding hydrogens is 254 g/mol. The highest BCUT2D eigenvalue weighted by Crippen LogP contribution is 2.24. The third-order valence-electron chi connectivity index (χ3n) is 2.88. The zero-order valence-corrected chi connectivity index (χ0v) is 11.4. The Hall–Kier alpha value is -2.16. The van der Waals surface area contributed by atoms with Gasteiger partial charge in [-0.1, -0.05) is 18.2 Å². The average molecular weight is 271 g/mol. The van der Waals surface area contributed by atoms with Gasteiger partial charge in [0, 0.05) is 25.2 Å². The summed E-state index contributed by atoms with van der Waals surface area (Å²) >= 11 is 0. The number of benzene rings is 1. The van der Waals surface area contributed by atoms with Crippen molar-refractivity contribution in [3.8, 4) is 6.07 Å². The molecular formula is C15H17N3O2. The van der Waals surface area contributed by atoms with Crippen LogP contribution in [0.25, 0.3) is 10.9 Å². The van der Waals surface area contributed by atoms with Crippen LogP contribution in [0.4, 0.5) is 5.69 Å². The molecule has 5 heteroatoms. The summed E-state index contributed by atoms with van der Waals surface area (Å²) in [4.78, 5) is 4.27. The van der Waals surface area contributed by atoms with Gasteiger partial charge < -0.3 is 14.8 Å². The number of ether oxygens (including phenoxy) is 2. The molecule has 0 radical (unpaired) electrons. The van der Waals surface area contributed by atoms with Crippen LogP contribution in [0.3, 0.4) is 0 Å². The summed E-state index contributed by atoms with van der Waals surface area (Å²) in [5.41, 5.74) is 2.23. The number of fused-ring (bicyclic) bond motifs is 1. The molecule has 20 heavy (non-hydrogen) atoms. The second-order valence-corrected chi connectivity index (χ2v) is 4.21. The third kappa shape index (κ3) is 3.44. The molecule has 1 aromatic heterocycles. The van der Waals surface area contributed by atoms with Crippen LogP contribution in [0.15, 0.2) is 30.5 Å². The summed E-state index contributed by atoms with van der Waals surface area (Å²) in [6, 6.07) is 9.91. The highest BCUT2D eigenvalue weighted by Gasteiger charge is 2.07. The van der Waals surface area contributed by atoms with Crippen LogP contribution < -0.4 is 5.32 Å². The Bertz CT molecular complexity index is 608. The normalized spacial score (nSPS) is 10.4. The van der Waals surface area contributed by atoms with E-state index in [-0.39, 0.29) is 0 Å². The van der Waals surface area contributed by atoms with Crippen LogP contribution in [-0.2, 0) is 9.47 Å². The smallest absolute Gasteiger partial charge is 0.103 e. The maximum atomic E-state index is 9.17. The Morgan fingerprint density at radius 2 is 2.10 bits per heavy atom. The molecule has 0 saturated heterocycles. The van der Waals surface area contributed by atoms with E-state index < -0.39 is 0 Å². The topological polar surface area (TPSA) is 67.2 Å². The second kappa shape index (κ2) is 7.43. The van der Waals surface area contributed by atoms with Crippen molar-refractivity contribution in [1.82, 2.24) is 4.98 Å². The number of nitriles is 1. The van der Waals surface area contributed by atoms with E-state index in [1.165, 1.54) is 0 Å². The van der Waals surface area contributed by atoms with E-state index in [9.17, 15) is 5.26 Å². The zero-order chi connectivity index (χ0) is 14.2. The van der Waals surface area contributed by atoms with Crippen molar-refractivity contribution >= 4 is 16.6 Å². The SMILES string of the molecule is COCCOCCNc1c(C#N)cnc2ccccc12. The largest absolute Gasteiger partial charge is 0.382 e. The van der Waals surface area contributed by atoms with Gasteiger partial charge in [-0.25, -0.2) is 0 Å². The molecule has 0 saturated carbocycles. The molecule has 1 N–H and O–H groups in total. The van der Waals surface area contributed by atoms with E-state index in [2.05, 4.69) is 16.4 Å². The Kier molecular flexibility index (Phi) is 5.30. The molecule has 104 valence electrons. The van der Waals surface area contributed by atoms with Gasteiger partial charge in [0.25, 0.3) is 0 Å². The van der Waals surface area contributed by atoms with Crippen LogP contribution in [-0.4, -0.2) is 38.5 Å². The lowest BCUT2D eigenvalue weighted by molar-refractivity contribution is 0.0759. The summed E-state index contributed by atoms with van der Waals surface area (Å²) in [6.45, 7) is 2.35. The molecule has 0 spiro atoms. The van der Waals surface area contributed by atoms with Crippen LogP contribution in [0.1, 0.15) is 5.56 Å². The van der Waals surface area contributed by atoms with Crippen LogP contribution >= 0.6 is 0 Å². The standard InChI is InChI=1S/C15H17N3O2/c1-19-8-9-20-7-6-17-15-12(10-16)11-18-14-5-3-2-4-13(14)15/h2-5,11H,6-9H2,1H3,(H,17,18). The van der Waals surface area contributed by atoms with Crippen LogP contribution in [0.2, 0.25) is 0 Å². The number of aromatic nitrogens is 1. The fraction of sp³-hybridized carbons (Fsp3) is 0.333. The predicted molar refractivity (Wildman–Crippen MR) is 77.6 cm³/mol. The maximum absolute atomic E-state index is 9.17. The summed E-state index contributed by atoms with van der Waals surface area (Å²) in [7, 11) is 1.64. The predicted octanol–water partition coefficient (Wildman–Crippen LogP) is 2.18. The van der Waals surface area contributed by atoms with Crippen molar-refractivity contribution in [2.75, 3.05) is 38.8 Å². The second-order valence-electron chi connectivity index (χ2n) is 4.21. The first kappa shape index (κ1) is 14.3. The average Bonchev–Trinajstić information content (AvgIpc) is 2.50. The van der Waals surface area contributed by atoms with Gasteiger partial charge in [0.15, 0.2) is 0 Å². The fourth-order valence-corrected chi connectivity index (χ4v) is 1.91. The molecule has 0 fully saturated rings. The molecule has 2 rings (SSSR count). The Morgan fingerprint density at radius 1 is 1.25 bits per heavy atom. The number of pyridine rings is 1. The minimum absolute atomic E-state index is 0.542. The third-order valence-corrected chi connectivity index (χ3v) is 2.88. The van der Waals surface area contributed by atoms with Gasteiger partial charge in [0.05, 0.1) is 36.6 Å². The number of hydrogen-bond acceptors (Lipinski definition) is 5. The molecule has 0 unspecified atom stereocenters. The number of nitrogens with zero attached hydrogens (tertiary/aromatic N) is 2. The summed E-state index contributed by atoms with van der Waals surface area (Å²) < 4.78 is 10.3. The van der Waals surface area contributed by atoms with E-state index in [0.717, 1.165) is 16.6 Å². The van der Waals surface area contributed by atoms with Gasteiger partial charge in [-0.3, -0.25) is 4.98 Å².